The number of hydrogen-bond acceptors (Lipinski definition) is 0. The molecule has 0 aliphatic rings. The molecule has 76 valence electrons. The van der Waals surface area contributed by atoms with Crippen LogP contribution >= 0.6 is 0 Å². The Balaban J connectivity index is 1.96. The van der Waals surface area contributed by atoms with Crippen molar-refractivity contribution in [3.05, 3.63) is 71.3 Å². The molecule has 0 aliphatic carbocycles. The van der Waals surface area contributed by atoms with Crippen LogP contribution in [0.4, 0.5) is 0 Å². The third kappa shape index (κ3) is 2.95. The Bertz CT molecular complexity index is 398. The van der Waals surface area contributed by atoms with E-state index in [1.807, 2.05) is 0 Å². The van der Waals surface area contributed by atoms with Gasteiger partial charge < -0.3 is 0 Å². The van der Waals surface area contributed by atoms with Crippen LogP contribution in [-0.2, 0) is 12.8 Å². The smallest absolute Gasteiger partial charge is 0.0238 e. The van der Waals surface area contributed by atoms with E-state index in [1.54, 1.807) is 0 Å². The molecule has 2 aromatic rings. The van der Waals surface area contributed by atoms with E-state index in [9.17, 15) is 0 Å². The molecule has 2 aromatic carbocycles. The molecular formula is C15H16. The second-order valence-corrected chi connectivity index (χ2v) is 3.97. The number of rotatable bonds is 3. The molecule has 0 fully saturated rings. The molecular weight excluding hydrogens is 180 g/mol. The highest BCUT2D eigenvalue weighted by atomic mass is 14.0. The van der Waals surface area contributed by atoms with Crippen LogP contribution in [0.2, 0.25) is 0 Å². The van der Waals surface area contributed by atoms with Crippen molar-refractivity contribution >= 4 is 0 Å². The Morgan fingerprint density at radius 2 is 1.20 bits per heavy atom. The van der Waals surface area contributed by atoms with Crippen LogP contribution in [0.1, 0.15) is 16.7 Å². The minimum atomic E-state index is 1.13. The second-order valence-electron chi connectivity index (χ2n) is 3.97. The topological polar surface area (TPSA) is 0 Å². The molecule has 0 radical (unpaired) electrons. The fourth-order valence-corrected chi connectivity index (χ4v) is 1.69. The van der Waals surface area contributed by atoms with E-state index >= 15 is 0 Å². The van der Waals surface area contributed by atoms with Gasteiger partial charge >= 0.3 is 0 Å². The zero-order valence-corrected chi connectivity index (χ0v) is 9.11. The fourth-order valence-electron chi connectivity index (χ4n) is 1.69. The summed E-state index contributed by atoms with van der Waals surface area (Å²) in [6, 6.07) is 19.4. The third-order valence-corrected chi connectivity index (χ3v) is 2.67. The predicted octanol–water partition coefficient (Wildman–Crippen LogP) is 3.78. The van der Waals surface area contributed by atoms with Gasteiger partial charge in [0.1, 0.15) is 0 Å². The van der Waals surface area contributed by atoms with Crippen molar-refractivity contribution in [3.8, 4) is 0 Å². The molecule has 0 unspecified atom stereocenters. The molecule has 0 saturated heterocycles. The first-order valence-corrected chi connectivity index (χ1v) is 5.44. The summed E-state index contributed by atoms with van der Waals surface area (Å²) in [5, 5.41) is 0. The maximum absolute atomic E-state index is 2.22. The van der Waals surface area contributed by atoms with Crippen molar-refractivity contribution in [2.45, 2.75) is 19.8 Å². The van der Waals surface area contributed by atoms with Crippen LogP contribution in [0.25, 0.3) is 0 Å². The van der Waals surface area contributed by atoms with Gasteiger partial charge in [-0.15, -0.1) is 0 Å². The molecule has 0 amide bonds. The lowest BCUT2D eigenvalue weighted by molar-refractivity contribution is 0.959. The Morgan fingerprint density at radius 1 is 0.667 bits per heavy atom. The Kier molecular flexibility index (Phi) is 3.18. The summed E-state index contributed by atoms with van der Waals surface area (Å²) in [6.07, 6.45) is 2.26. The van der Waals surface area contributed by atoms with E-state index in [4.69, 9.17) is 0 Å². The molecule has 0 heteroatoms. The van der Waals surface area contributed by atoms with Crippen molar-refractivity contribution in [2.24, 2.45) is 0 Å². The lowest BCUT2D eigenvalue weighted by atomic mass is 10.0. The van der Waals surface area contributed by atoms with Crippen molar-refractivity contribution < 1.29 is 0 Å². The molecule has 0 N–H and O–H groups in total. The first kappa shape index (κ1) is 9.97. The van der Waals surface area contributed by atoms with Gasteiger partial charge in [-0.25, -0.2) is 0 Å². The van der Waals surface area contributed by atoms with Crippen molar-refractivity contribution in [2.75, 3.05) is 0 Å². The molecule has 0 saturated carbocycles. The fraction of sp³-hybridized carbons (Fsp3) is 0.200. The van der Waals surface area contributed by atoms with Crippen LogP contribution in [0, 0.1) is 6.92 Å². The summed E-state index contributed by atoms with van der Waals surface area (Å²) >= 11 is 0. The highest BCUT2D eigenvalue weighted by molar-refractivity contribution is 5.23. The maximum atomic E-state index is 2.22. The number of hydrogen-bond donors (Lipinski definition) is 0. The van der Waals surface area contributed by atoms with E-state index in [0.717, 1.165) is 12.8 Å². The summed E-state index contributed by atoms with van der Waals surface area (Å²) in [7, 11) is 0. The lowest BCUT2D eigenvalue weighted by Crippen LogP contribution is -1.90. The quantitative estimate of drug-likeness (QED) is 0.700. The van der Waals surface area contributed by atoms with E-state index in [1.165, 1.54) is 16.7 Å². The summed E-state index contributed by atoms with van der Waals surface area (Å²) in [6.45, 7) is 2.13. The van der Waals surface area contributed by atoms with E-state index in [-0.39, 0.29) is 0 Å². The predicted molar refractivity (Wildman–Crippen MR) is 65.0 cm³/mol. The van der Waals surface area contributed by atoms with Gasteiger partial charge in [0.05, 0.1) is 0 Å². The average molecular weight is 196 g/mol. The molecule has 0 atom stereocenters. The van der Waals surface area contributed by atoms with Crippen LogP contribution in [0.5, 0.6) is 0 Å². The number of benzene rings is 2. The maximum Gasteiger partial charge on any atom is -0.0238 e. The van der Waals surface area contributed by atoms with Gasteiger partial charge in [0.25, 0.3) is 0 Å². The van der Waals surface area contributed by atoms with Gasteiger partial charge in [0.2, 0.25) is 0 Å². The minimum absolute atomic E-state index is 1.13. The molecule has 0 aromatic heterocycles. The third-order valence-electron chi connectivity index (χ3n) is 2.67. The van der Waals surface area contributed by atoms with Crippen molar-refractivity contribution in [1.82, 2.24) is 0 Å². The average Bonchev–Trinajstić information content (AvgIpc) is 2.30. The SMILES string of the molecule is Cc1ccc(CCc2ccccc2)cc1. The highest BCUT2D eigenvalue weighted by Gasteiger charge is 1.94. The highest BCUT2D eigenvalue weighted by Crippen LogP contribution is 2.08. The molecule has 0 spiro atoms. The van der Waals surface area contributed by atoms with Gasteiger partial charge in [-0.2, -0.15) is 0 Å². The Hall–Kier alpha value is -1.56. The van der Waals surface area contributed by atoms with Gasteiger partial charge in [-0.05, 0) is 30.9 Å². The second kappa shape index (κ2) is 4.79. The molecule has 0 aliphatic heterocycles. The van der Waals surface area contributed by atoms with Gasteiger partial charge in [-0.3, -0.25) is 0 Å². The zero-order chi connectivity index (χ0) is 10.5. The molecule has 0 bridgehead atoms. The minimum Gasteiger partial charge on any atom is -0.0622 e. The molecule has 15 heavy (non-hydrogen) atoms. The van der Waals surface area contributed by atoms with E-state index < -0.39 is 0 Å². The summed E-state index contributed by atoms with van der Waals surface area (Å²) < 4.78 is 0. The van der Waals surface area contributed by atoms with E-state index in [2.05, 4.69) is 61.5 Å². The van der Waals surface area contributed by atoms with Gasteiger partial charge in [0.15, 0.2) is 0 Å². The summed E-state index contributed by atoms with van der Waals surface area (Å²) in [4.78, 5) is 0. The number of aryl methyl sites for hydroxylation is 3. The van der Waals surface area contributed by atoms with Crippen LogP contribution in [-0.4, -0.2) is 0 Å². The summed E-state index contributed by atoms with van der Waals surface area (Å²) in [5.41, 5.74) is 4.17. The first-order valence-electron chi connectivity index (χ1n) is 5.44. The van der Waals surface area contributed by atoms with Crippen LogP contribution in [0.15, 0.2) is 54.6 Å². The summed E-state index contributed by atoms with van der Waals surface area (Å²) in [5.74, 6) is 0. The van der Waals surface area contributed by atoms with E-state index in [0.29, 0.717) is 0 Å². The van der Waals surface area contributed by atoms with Crippen LogP contribution < -0.4 is 0 Å². The zero-order valence-electron chi connectivity index (χ0n) is 9.11. The lowest BCUT2D eigenvalue weighted by Gasteiger charge is -2.02. The largest absolute Gasteiger partial charge is 0.0622 e. The molecule has 0 nitrogen and oxygen atoms in total. The van der Waals surface area contributed by atoms with Crippen LogP contribution in [0.3, 0.4) is 0 Å². The standard InChI is InChI=1S/C15H16/c1-13-7-9-15(10-8-13)12-11-14-5-3-2-4-6-14/h2-10H,11-12H2,1H3. The Labute approximate surface area is 91.6 Å². The monoisotopic (exact) mass is 196 g/mol. The van der Waals surface area contributed by atoms with Crippen molar-refractivity contribution in [1.29, 1.82) is 0 Å². The molecule has 2 rings (SSSR count). The Morgan fingerprint density at radius 3 is 1.80 bits per heavy atom. The normalized spacial score (nSPS) is 10.2. The van der Waals surface area contributed by atoms with Crippen molar-refractivity contribution in [3.63, 3.8) is 0 Å². The van der Waals surface area contributed by atoms with Gasteiger partial charge in [0, 0.05) is 0 Å². The molecule has 0 heterocycles. The van der Waals surface area contributed by atoms with Gasteiger partial charge in [-0.1, -0.05) is 60.2 Å². The first-order chi connectivity index (χ1) is 7.34.